The van der Waals surface area contributed by atoms with Gasteiger partial charge in [0, 0.05) is 45.7 Å². The summed E-state index contributed by atoms with van der Waals surface area (Å²) in [6.45, 7) is 6.92. The number of nitrogens with zero attached hydrogens (tertiary/aromatic N) is 3. The molecule has 174 valence electrons. The molecule has 2 heterocycles. The Kier molecular flexibility index (Phi) is 7.20. The van der Waals surface area contributed by atoms with Crippen LogP contribution >= 0.6 is 0 Å². The number of fused-ring (bicyclic) bond motifs is 1. The second kappa shape index (κ2) is 10.3. The number of rotatable bonds is 8. The minimum absolute atomic E-state index is 0.0644. The van der Waals surface area contributed by atoms with Crippen molar-refractivity contribution in [2.45, 2.75) is 25.8 Å². The molecule has 1 N–H and O–H groups in total. The van der Waals surface area contributed by atoms with E-state index >= 15 is 0 Å². The zero-order valence-electron chi connectivity index (χ0n) is 19.4. The van der Waals surface area contributed by atoms with Crippen LogP contribution < -0.4 is 5.32 Å². The number of imide groups is 1. The van der Waals surface area contributed by atoms with Gasteiger partial charge in [0.25, 0.3) is 11.8 Å². The smallest absolute Gasteiger partial charge is 0.261 e. The van der Waals surface area contributed by atoms with Crippen LogP contribution in [0.1, 0.15) is 50.7 Å². The first-order valence-corrected chi connectivity index (χ1v) is 11.6. The molecule has 2 aromatic carbocycles. The van der Waals surface area contributed by atoms with Crippen molar-refractivity contribution in [2.75, 3.05) is 46.3 Å². The molecular weight excluding hydrogens is 416 g/mol. The van der Waals surface area contributed by atoms with E-state index in [0.29, 0.717) is 17.5 Å². The highest BCUT2D eigenvalue weighted by atomic mass is 16.2. The lowest BCUT2D eigenvalue weighted by Crippen LogP contribution is -2.47. The third-order valence-corrected chi connectivity index (χ3v) is 6.49. The van der Waals surface area contributed by atoms with E-state index in [4.69, 9.17) is 0 Å². The summed E-state index contributed by atoms with van der Waals surface area (Å²) < 4.78 is 0. The number of likely N-dealkylation sites (N-methyl/N-ethyl adjacent to an activating group) is 1. The molecule has 0 bridgehead atoms. The summed E-state index contributed by atoms with van der Waals surface area (Å²) in [4.78, 5) is 44.0. The van der Waals surface area contributed by atoms with Crippen molar-refractivity contribution in [2.24, 2.45) is 0 Å². The van der Waals surface area contributed by atoms with Gasteiger partial charge in [-0.2, -0.15) is 0 Å². The molecule has 0 aliphatic carbocycles. The standard InChI is InChI=1S/C26H32N4O3/c1-19-10-11-21-22(17-19)26(33)30(25(21)32)12-6-9-24(31)27-23(20-7-4-3-5-8-20)18-29-15-13-28(2)14-16-29/h3-5,7-8,10-11,17,23H,6,9,12-16,18H2,1-2H3,(H,27,31). The van der Waals surface area contributed by atoms with Gasteiger partial charge in [-0.1, -0.05) is 42.0 Å². The first-order valence-electron chi connectivity index (χ1n) is 11.6. The maximum absolute atomic E-state index is 12.8. The molecule has 3 amide bonds. The van der Waals surface area contributed by atoms with Crippen LogP contribution in [-0.2, 0) is 4.79 Å². The normalized spacial score (nSPS) is 17.8. The summed E-state index contributed by atoms with van der Waals surface area (Å²) in [6, 6.07) is 15.2. The minimum atomic E-state index is -0.271. The Morgan fingerprint density at radius 2 is 1.67 bits per heavy atom. The number of carbonyl (C=O) groups is 3. The third-order valence-electron chi connectivity index (χ3n) is 6.49. The lowest BCUT2D eigenvalue weighted by atomic mass is 10.1. The number of aryl methyl sites for hydroxylation is 1. The molecule has 2 aliphatic heterocycles. The number of carbonyl (C=O) groups excluding carboxylic acids is 3. The maximum Gasteiger partial charge on any atom is 0.261 e. The Labute approximate surface area is 195 Å². The van der Waals surface area contributed by atoms with E-state index in [-0.39, 0.29) is 36.7 Å². The summed E-state index contributed by atoms with van der Waals surface area (Å²) in [6.07, 6.45) is 0.699. The Morgan fingerprint density at radius 1 is 0.970 bits per heavy atom. The largest absolute Gasteiger partial charge is 0.348 e. The van der Waals surface area contributed by atoms with Gasteiger partial charge < -0.3 is 10.2 Å². The van der Waals surface area contributed by atoms with Crippen LogP contribution in [0.3, 0.4) is 0 Å². The molecule has 2 aliphatic rings. The molecule has 0 spiro atoms. The molecule has 0 radical (unpaired) electrons. The highest BCUT2D eigenvalue weighted by Gasteiger charge is 2.35. The number of nitrogens with one attached hydrogen (secondary N) is 1. The highest BCUT2D eigenvalue weighted by Crippen LogP contribution is 2.24. The Morgan fingerprint density at radius 3 is 2.39 bits per heavy atom. The summed E-state index contributed by atoms with van der Waals surface area (Å²) in [5.74, 6) is -0.602. The minimum Gasteiger partial charge on any atom is -0.348 e. The van der Waals surface area contributed by atoms with E-state index in [1.165, 1.54) is 4.90 Å². The number of piperazine rings is 1. The van der Waals surface area contributed by atoms with Crippen LogP contribution in [0.5, 0.6) is 0 Å². The van der Waals surface area contributed by atoms with Gasteiger partial charge in [0.05, 0.1) is 17.2 Å². The molecule has 7 nitrogen and oxygen atoms in total. The van der Waals surface area contributed by atoms with Crippen molar-refractivity contribution < 1.29 is 14.4 Å². The van der Waals surface area contributed by atoms with Gasteiger partial charge in [0.15, 0.2) is 0 Å². The summed E-state index contributed by atoms with van der Waals surface area (Å²) >= 11 is 0. The summed E-state index contributed by atoms with van der Waals surface area (Å²) in [5.41, 5.74) is 2.94. The van der Waals surface area contributed by atoms with Crippen LogP contribution in [0.2, 0.25) is 0 Å². The number of hydrogen-bond donors (Lipinski definition) is 1. The third kappa shape index (κ3) is 5.49. The first-order chi connectivity index (χ1) is 15.9. The fourth-order valence-corrected chi connectivity index (χ4v) is 4.48. The lowest BCUT2D eigenvalue weighted by Gasteiger charge is -2.35. The second-order valence-electron chi connectivity index (χ2n) is 9.05. The van der Waals surface area contributed by atoms with Gasteiger partial charge in [0.1, 0.15) is 0 Å². The van der Waals surface area contributed by atoms with Crippen molar-refractivity contribution in [3.8, 4) is 0 Å². The predicted molar refractivity (Wildman–Crippen MR) is 127 cm³/mol. The van der Waals surface area contributed by atoms with Gasteiger partial charge in [0.2, 0.25) is 5.91 Å². The van der Waals surface area contributed by atoms with Crippen LogP contribution in [0.4, 0.5) is 0 Å². The maximum atomic E-state index is 12.8. The number of amides is 3. The van der Waals surface area contributed by atoms with E-state index in [1.54, 1.807) is 12.1 Å². The molecule has 1 saturated heterocycles. The predicted octanol–water partition coefficient (Wildman–Crippen LogP) is 2.48. The van der Waals surface area contributed by atoms with Crippen molar-refractivity contribution in [1.82, 2.24) is 20.0 Å². The molecule has 0 aromatic heterocycles. The van der Waals surface area contributed by atoms with Crippen molar-refractivity contribution in [1.29, 1.82) is 0 Å². The monoisotopic (exact) mass is 448 g/mol. The van der Waals surface area contributed by atoms with Crippen LogP contribution in [0.15, 0.2) is 48.5 Å². The molecule has 4 rings (SSSR count). The van der Waals surface area contributed by atoms with E-state index in [0.717, 1.165) is 43.9 Å². The average Bonchev–Trinajstić information content (AvgIpc) is 3.04. The first kappa shape index (κ1) is 23.1. The molecule has 2 aromatic rings. The Bertz CT molecular complexity index is 1020. The fourth-order valence-electron chi connectivity index (χ4n) is 4.48. The van der Waals surface area contributed by atoms with Crippen LogP contribution in [-0.4, -0.2) is 78.7 Å². The van der Waals surface area contributed by atoms with E-state index in [9.17, 15) is 14.4 Å². The van der Waals surface area contributed by atoms with Gasteiger partial charge >= 0.3 is 0 Å². The summed E-state index contributed by atoms with van der Waals surface area (Å²) in [5, 5.41) is 3.18. The topological polar surface area (TPSA) is 73.0 Å². The van der Waals surface area contributed by atoms with Gasteiger partial charge in [-0.3, -0.25) is 24.2 Å². The Balaban J connectivity index is 1.32. The van der Waals surface area contributed by atoms with Gasteiger partial charge in [-0.25, -0.2) is 0 Å². The summed E-state index contributed by atoms with van der Waals surface area (Å²) in [7, 11) is 2.13. The molecule has 7 heteroatoms. The van der Waals surface area contributed by atoms with Crippen LogP contribution in [0.25, 0.3) is 0 Å². The molecule has 0 saturated carbocycles. The SMILES string of the molecule is Cc1ccc2c(c1)C(=O)N(CCCC(=O)NC(CN1CCN(C)CC1)c1ccccc1)C2=O. The van der Waals surface area contributed by atoms with Crippen LogP contribution in [0, 0.1) is 6.92 Å². The zero-order valence-corrected chi connectivity index (χ0v) is 19.4. The fraction of sp³-hybridized carbons (Fsp3) is 0.423. The molecule has 1 fully saturated rings. The molecule has 1 unspecified atom stereocenters. The number of hydrogen-bond acceptors (Lipinski definition) is 5. The quantitative estimate of drug-likeness (QED) is 0.628. The van der Waals surface area contributed by atoms with Crippen molar-refractivity contribution in [3.05, 3.63) is 70.8 Å². The molecule has 1 atom stereocenters. The van der Waals surface area contributed by atoms with Crippen molar-refractivity contribution >= 4 is 17.7 Å². The van der Waals surface area contributed by atoms with Gasteiger partial charge in [-0.05, 0) is 38.1 Å². The molecular formula is C26H32N4O3. The van der Waals surface area contributed by atoms with E-state index < -0.39 is 0 Å². The Hall–Kier alpha value is -3.03. The highest BCUT2D eigenvalue weighted by molar-refractivity contribution is 6.21. The zero-order chi connectivity index (χ0) is 23.4. The average molecular weight is 449 g/mol. The van der Waals surface area contributed by atoms with E-state index in [2.05, 4.69) is 22.2 Å². The second-order valence-corrected chi connectivity index (χ2v) is 9.05. The molecule has 33 heavy (non-hydrogen) atoms. The van der Waals surface area contributed by atoms with Crippen molar-refractivity contribution in [3.63, 3.8) is 0 Å². The van der Waals surface area contributed by atoms with Gasteiger partial charge in [-0.15, -0.1) is 0 Å². The number of benzene rings is 2. The lowest BCUT2D eigenvalue weighted by molar-refractivity contribution is -0.122. The van der Waals surface area contributed by atoms with E-state index in [1.807, 2.05) is 43.3 Å².